The molecule has 16 heavy (non-hydrogen) atoms. The van der Waals surface area contributed by atoms with E-state index in [0.29, 0.717) is 6.61 Å². The Bertz CT molecular complexity index is 495. The first-order valence-electron chi connectivity index (χ1n) is 4.86. The number of thiazole rings is 1. The second-order valence-electron chi connectivity index (χ2n) is 3.14. The third-order valence-electron chi connectivity index (χ3n) is 1.97. The molecule has 0 unspecified atom stereocenters. The van der Waals surface area contributed by atoms with E-state index in [1.54, 1.807) is 16.8 Å². The maximum absolute atomic E-state index is 10.5. The second kappa shape index (κ2) is 4.94. The number of hydrogen-bond acceptors (Lipinski definition) is 5. The molecule has 0 spiro atoms. The van der Waals surface area contributed by atoms with Gasteiger partial charge in [-0.25, -0.2) is 4.98 Å². The van der Waals surface area contributed by atoms with E-state index in [-0.39, 0.29) is 12.6 Å². The number of benzene rings is 1. The fraction of sp³-hybridized carbons (Fsp3) is 0.273. The normalized spacial score (nSPS) is 10.3. The summed E-state index contributed by atoms with van der Waals surface area (Å²) in [5.74, 6) is 0.432. The average molecular weight is 237 g/mol. The van der Waals surface area contributed by atoms with Gasteiger partial charge in [-0.2, -0.15) is 0 Å². The van der Waals surface area contributed by atoms with Crippen LogP contribution in [-0.2, 0) is 9.53 Å². The molecular formula is C11H11NO3S. The van der Waals surface area contributed by atoms with Gasteiger partial charge >= 0.3 is 5.97 Å². The van der Waals surface area contributed by atoms with Crippen molar-refractivity contribution in [1.82, 2.24) is 4.98 Å². The number of rotatable bonds is 4. The summed E-state index contributed by atoms with van der Waals surface area (Å²) in [7, 11) is 0. The van der Waals surface area contributed by atoms with Gasteiger partial charge in [0.05, 0.1) is 10.2 Å². The van der Waals surface area contributed by atoms with Gasteiger partial charge in [0.1, 0.15) is 24.5 Å². The van der Waals surface area contributed by atoms with Gasteiger partial charge in [0.2, 0.25) is 0 Å². The van der Waals surface area contributed by atoms with Crippen LogP contribution in [0.3, 0.4) is 0 Å². The predicted molar refractivity (Wildman–Crippen MR) is 61.7 cm³/mol. The van der Waals surface area contributed by atoms with Crippen molar-refractivity contribution in [3.63, 3.8) is 0 Å². The molecule has 0 bridgehead atoms. The maximum atomic E-state index is 10.5. The van der Waals surface area contributed by atoms with Crippen LogP contribution in [0.1, 0.15) is 6.92 Å². The Labute approximate surface area is 96.8 Å². The third-order valence-corrected chi connectivity index (χ3v) is 2.76. The van der Waals surface area contributed by atoms with E-state index in [1.807, 2.05) is 18.2 Å². The lowest BCUT2D eigenvalue weighted by molar-refractivity contribution is -0.141. The molecule has 0 atom stereocenters. The zero-order chi connectivity index (χ0) is 11.4. The van der Waals surface area contributed by atoms with Crippen molar-refractivity contribution < 1.29 is 14.3 Å². The zero-order valence-corrected chi connectivity index (χ0v) is 9.62. The SMILES string of the molecule is CC(=O)OCCOc1cccc2scnc12. The van der Waals surface area contributed by atoms with E-state index < -0.39 is 0 Å². The van der Waals surface area contributed by atoms with E-state index in [2.05, 4.69) is 4.98 Å². The van der Waals surface area contributed by atoms with E-state index in [0.717, 1.165) is 16.0 Å². The number of aromatic nitrogens is 1. The van der Waals surface area contributed by atoms with Gasteiger partial charge in [-0.3, -0.25) is 4.79 Å². The van der Waals surface area contributed by atoms with E-state index in [4.69, 9.17) is 9.47 Å². The molecular weight excluding hydrogens is 226 g/mol. The van der Waals surface area contributed by atoms with Crippen LogP contribution in [0.15, 0.2) is 23.7 Å². The van der Waals surface area contributed by atoms with Crippen molar-refractivity contribution in [3.8, 4) is 5.75 Å². The standard InChI is InChI=1S/C11H11NO3S/c1-8(13)14-5-6-15-9-3-2-4-10-11(9)12-7-16-10/h2-4,7H,5-6H2,1H3. The highest BCUT2D eigenvalue weighted by atomic mass is 32.1. The van der Waals surface area contributed by atoms with Crippen molar-refractivity contribution in [2.45, 2.75) is 6.92 Å². The highest BCUT2D eigenvalue weighted by Crippen LogP contribution is 2.26. The lowest BCUT2D eigenvalue weighted by Gasteiger charge is -2.06. The van der Waals surface area contributed by atoms with Crippen molar-refractivity contribution in [1.29, 1.82) is 0 Å². The minimum absolute atomic E-state index is 0.260. The van der Waals surface area contributed by atoms with Gasteiger partial charge in [-0.05, 0) is 12.1 Å². The fourth-order valence-corrected chi connectivity index (χ4v) is 2.01. The van der Waals surface area contributed by atoms with E-state index >= 15 is 0 Å². The summed E-state index contributed by atoms with van der Waals surface area (Å²) in [4.78, 5) is 14.8. The van der Waals surface area contributed by atoms with Crippen molar-refractivity contribution in [3.05, 3.63) is 23.7 Å². The van der Waals surface area contributed by atoms with Crippen molar-refractivity contribution in [2.75, 3.05) is 13.2 Å². The number of nitrogens with zero attached hydrogens (tertiary/aromatic N) is 1. The molecule has 0 saturated carbocycles. The first-order valence-corrected chi connectivity index (χ1v) is 5.74. The largest absolute Gasteiger partial charge is 0.488 e. The smallest absolute Gasteiger partial charge is 0.302 e. The first-order chi connectivity index (χ1) is 7.77. The number of carbonyl (C=O) groups is 1. The molecule has 0 radical (unpaired) electrons. The van der Waals surface area contributed by atoms with Crippen LogP contribution in [-0.4, -0.2) is 24.2 Å². The molecule has 0 saturated heterocycles. The summed E-state index contributed by atoms with van der Waals surface area (Å²) in [6.07, 6.45) is 0. The monoisotopic (exact) mass is 237 g/mol. The Morgan fingerprint density at radius 2 is 2.31 bits per heavy atom. The Morgan fingerprint density at radius 1 is 1.44 bits per heavy atom. The van der Waals surface area contributed by atoms with Crippen LogP contribution in [0.4, 0.5) is 0 Å². The topological polar surface area (TPSA) is 48.4 Å². The summed E-state index contributed by atoms with van der Waals surface area (Å²) < 4.78 is 11.4. The summed E-state index contributed by atoms with van der Waals surface area (Å²) in [6.45, 7) is 1.98. The Hall–Kier alpha value is -1.62. The quantitative estimate of drug-likeness (QED) is 0.604. The molecule has 1 heterocycles. The van der Waals surface area contributed by atoms with Crippen molar-refractivity contribution >= 4 is 27.5 Å². The highest BCUT2D eigenvalue weighted by molar-refractivity contribution is 7.16. The van der Waals surface area contributed by atoms with Crippen LogP contribution in [0.5, 0.6) is 5.75 Å². The van der Waals surface area contributed by atoms with Crippen LogP contribution in [0.2, 0.25) is 0 Å². The lowest BCUT2D eigenvalue weighted by Crippen LogP contribution is -2.09. The van der Waals surface area contributed by atoms with Gasteiger partial charge < -0.3 is 9.47 Å². The van der Waals surface area contributed by atoms with Gasteiger partial charge in [-0.1, -0.05) is 6.07 Å². The lowest BCUT2D eigenvalue weighted by atomic mass is 10.3. The molecule has 4 nitrogen and oxygen atoms in total. The summed E-state index contributed by atoms with van der Waals surface area (Å²) in [6, 6.07) is 5.77. The second-order valence-corrected chi connectivity index (χ2v) is 4.03. The zero-order valence-electron chi connectivity index (χ0n) is 8.80. The summed E-state index contributed by atoms with van der Waals surface area (Å²) in [5.41, 5.74) is 2.64. The predicted octanol–water partition coefficient (Wildman–Crippen LogP) is 2.24. The fourth-order valence-electron chi connectivity index (χ4n) is 1.31. The molecule has 0 fully saturated rings. The molecule has 0 amide bonds. The molecule has 0 aliphatic rings. The Morgan fingerprint density at radius 3 is 3.12 bits per heavy atom. The Kier molecular flexibility index (Phi) is 3.36. The molecule has 0 aliphatic carbocycles. The number of hydrogen-bond donors (Lipinski definition) is 0. The molecule has 0 N–H and O–H groups in total. The first kappa shape index (κ1) is 10.9. The van der Waals surface area contributed by atoms with Gasteiger partial charge in [-0.15, -0.1) is 11.3 Å². The number of para-hydroxylation sites is 1. The molecule has 2 aromatic rings. The number of fused-ring (bicyclic) bond motifs is 1. The molecule has 2 rings (SSSR count). The van der Waals surface area contributed by atoms with E-state index in [9.17, 15) is 4.79 Å². The minimum atomic E-state index is -0.296. The number of esters is 1. The van der Waals surface area contributed by atoms with Crippen LogP contribution in [0, 0.1) is 0 Å². The summed E-state index contributed by atoms with van der Waals surface area (Å²) >= 11 is 1.57. The number of carbonyl (C=O) groups excluding carboxylic acids is 1. The van der Waals surface area contributed by atoms with Crippen LogP contribution in [0.25, 0.3) is 10.2 Å². The average Bonchev–Trinajstić information content (AvgIpc) is 2.72. The van der Waals surface area contributed by atoms with Crippen LogP contribution >= 0.6 is 11.3 Å². The van der Waals surface area contributed by atoms with E-state index in [1.165, 1.54) is 6.92 Å². The molecule has 5 heteroatoms. The molecule has 0 aliphatic heterocycles. The van der Waals surface area contributed by atoms with Crippen LogP contribution < -0.4 is 4.74 Å². The maximum Gasteiger partial charge on any atom is 0.302 e. The molecule has 1 aromatic carbocycles. The molecule has 1 aromatic heterocycles. The number of ether oxygens (including phenoxy) is 2. The summed E-state index contributed by atoms with van der Waals surface area (Å²) in [5, 5.41) is 0. The Balaban J connectivity index is 1.98. The minimum Gasteiger partial charge on any atom is -0.488 e. The third kappa shape index (κ3) is 2.49. The molecule has 84 valence electrons. The van der Waals surface area contributed by atoms with Crippen molar-refractivity contribution in [2.24, 2.45) is 0 Å². The van der Waals surface area contributed by atoms with Gasteiger partial charge in [0, 0.05) is 6.92 Å². The van der Waals surface area contributed by atoms with Gasteiger partial charge in [0.15, 0.2) is 0 Å². The highest BCUT2D eigenvalue weighted by Gasteiger charge is 2.04. The van der Waals surface area contributed by atoms with Gasteiger partial charge in [0.25, 0.3) is 0 Å².